The molecule has 122 valence electrons. The minimum atomic E-state index is -0.665. The summed E-state index contributed by atoms with van der Waals surface area (Å²) in [6.07, 6.45) is 0. The smallest absolute Gasteiger partial charge is 0.344 e. The lowest BCUT2D eigenvalue weighted by Crippen LogP contribution is -2.23. The zero-order valence-corrected chi connectivity index (χ0v) is 14.1. The normalized spacial score (nSPS) is 9.67. The molecule has 0 heterocycles. The number of carbonyl (C=O) groups is 2. The maximum atomic E-state index is 11.7. The molecule has 0 aromatic heterocycles. The van der Waals surface area contributed by atoms with Crippen molar-refractivity contribution in [2.75, 3.05) is 18.5 Å². The Kier molecular flexibility index (Phi) is 6.34. The number of nitrogens with zero attached hydrogens (tertiary/aromatic N) is 1. The van der Waals surface area contributed by atoms with E-state index in [0.717, 1.165) is 4.47 Å². The molecule has 0 bridgehead atoms. The summed E-state index contributed by atoms with van der Waals surface area (Å²) >= 11 is 3.30. The lowest BCUT2D eigenvalue weighted by Gasteiger charge is -2.09. The number of anilines is 1. The molecule has 2 aromatic rings. The molecule has 1 amide bonds. The minimum Gasteiger partial charge on any atom is -0.482 e. The van der Waals surface area contributed by atoms with Gasteiger partial charge in [0.15, 0.2) is 13.2 Å². The molecule has 7 heteroatoms. The number of hydrogen-bond donors (Lipinski definition) is 1. The number of nitrogens with one attached hydrogen (secondary N) is 1. The number of rotatable bonds is 6. The Labute approximate surface area is 147 Å². The number of carbonyl (C=O) groups excluding carboxylic acids is 2. The highest BCUT2D eigenvalue weighted by molar-refractivity contribution is 9.10. The number of benzene rings is 2. The summed E-state index contributed by atoms with van der Waals surface area (Å²) in [4.78, 5) is 23.3. The largest absolute Gasteiger partial charge is 0.482 e. The fourth-order valence-corrected chi connectivity index (χ4v) is 2.09. The number of esters is 1. The van der Waals surface area contributed by atoms with Gasteiger partial charge in [-0.3, -0.25) is 4.79 Å². The second-order valence-corrected chi connectivity index (χ2v) is 5.47. The predicted molar refractivity (Wildman–Crippen MR) is 90.4 cm³/mol. The van der Waals surface area contributed by atoms with Crippen LogP contribution >= 0.6 is 15.9 Å². The lowest BCUT2D eigenvalue weighted by molar-refractivity contribution is -0.149. The SMILES string of the molecule is N#Cc1ccc(OCC(=O)OCC(=O)Nc2ccccc2Br)cc1. The topological polar surface area (TPSA) is 88.4 Å². The number of nitriles is 1. The van der Waals surface area contributed by atoms with Crippen LogP contribution in [0.2, 0.25) is 0 Å². The van der Waals surface area contributed by atoms with E-state index in [1.165, 1.54) is 0 Å². The van der Waals surface area contributed by atoms with Gasteiger partial charge in [-0.15, -0.1) is 0 Å². The monoisotopic (exact) mass is 388 g/mol. The van der Waals surface area contributed by atoms with Gasteiger partial charge in [0, 0.05) is 4.47 Å². The molecule has 2 aromatic carbocycles. The van der Waals surface area contributed by atoms with Crippen LogP contribution in [0.3, 0.4) is 0 Å². The van der Waals surface area contributed by atoms with Gasteiger partial charge in [-0.25, -0.2) is 4.79 Å². The molecule has 0 radical (unpaired) electrons. The van der Waals surface area contributed by atoms with Crippen molar-refractivity contribution in [3.8, 4) is 11.8 Å². The van der Waals surface area contributed by atoms with Gasteiger partial charge >= 0.3 is 5.97 Å². The molecule has 0 aliphatic carbocycles. The van der Waals surface area contributed by atoms with E-state index in [0.29, 0.717) is 17.0 Å². The van der Waals surface area contributed by atoms with Crippen LogP contribution in [0.15, 0.2) is 53.0 Å². The van der Waals surface area contributed by atoms with Gasteiger partial charge in [-0.2, -0.15) is 5.26 Å². The highest BCUT2D eigenvalue weighted by Crippen LogP contribution is 2.20. The average Bonchev–Trinajstić information content (AvgIpc) is 2.60. The van der Waals surface area contributed by atoms with Crippen LogP contribution in [0.4, 0.5) is 5.69 Å². The molecule has 6 nitrogen and oxygen atoms in total. The summed E-state index contributed by atoms with van der Waals surface area (Å²) in [5, 5.41) is 11.3. The van der Waals surface area contributed by atoms with Gasteiger partial charge in [-0.1, -0.05) is 12.1 Å². The fourth-order valence-electron chi connectivity index (χ4n) is 1.70. The van der Waals surface area contributed by atoms with E-state index in [1.54, 1.807) is 42.5 Å². The van der Waals surface area contributed by atoms with Crippen LogP contribution in [0, 0.1) is 11.3 Å². The molecule has 0 unspecified atom stereocenters. The molecular weight excluding hydrogens is 376 g/mol. The van der Waals surface area contributed by atoms with Crippen molar-refractivity contribution < 1.29 is 19.1 Å². The van der Waals surface area contributed by atoms with Crippen molar-refractivity contribution in [2.45, 2.75) is 0 Å². The third-order valence-electron chi connectivity index (χ3n) is 2.85. The molecule has 0 aliphatic heterocycles. The second-order valence-electron chi connectivity index (χ2n) is 4.61. The highest BCUT2D eigenvalue weighted by atomic mass is 79.9. The van der Waals surface area contributed by atoms with E-state index in [-0.39, 0.29) is 6.61 Å². The van der Waals surface area contributed by atoms with E-state index in [9.17, 15) is 9.59 Å². The van der Waals surface area contributed by atoms with E-state index >= 15 is 0 Å². The van der Waals surface area contributed by atoms with Crippen molar-refractivity contribution in [3.63, 3.8) is 0 Å². The maximum absolute atomic E-state index is 11.7. The number of para-hydroxylation sites is 1. The Hall–Kier alpha value is -2.85. The van der Waals surface area contributed by atoms with E-state index in [4.69, 9.17) is 14.7 Å². The Morgan fingerprint density at radius 1 is 1.08 bits per heavy atom. The minimum absolute atomic E-state index is 0.325. The Bertz CT molecular complexity index is 769. The number of amides is 1. The van der Waals surface area contributed by atoms with Crippen molar-refractivity contribution in [2.24, 2.45) is 0 Å². The van der Waals surface area contributed by atoms with Crippen molar-refractivity contribution in [3.05, 3.63) is 58.6 Å². The van der Waals surface area contributed by atoms with Crippen LogP contribution in [-0.2, 0) is 14.3 Å². The Morgan fingerprint density at radius 2 is 1.79 bits per heavy atom. The molecule has 0 fully saturated rings. The lowest BCUT2D eigenvalue weighted by atomic mass is 10.2. The first-order valence-electron chi connectivity index (χ1n) is 6.91. The first kappa shape index (κ1) is 17.5. The first-order chi connectivity index (χ1) is 11.6. The summed E-state index contributed by atoms with van der Waals surface area (Å²) in [6.45, 7) is -0.731. The standard InChI is InChI=1S/C17H13BrN2O4/c18-14-3-1-2-4-15(14)20-16(21)10-24-17(22)11-23-13-7-5-12(9-19)6-8-13/h1-8H,10-11H2,(H,20,21). The molecule has 1 N–H and O–H groups in total. The van der Waals surface area contributed by atoms with Crippen molar-refractivity contribution >= 4 is 33.5 Å². The third kappa shape index (κ3) is 5.41. The third-order valence-corrected chi connectivity index (χ3v) is 3.54. The molecule has 0 saturated heterocycles. The molecule has 0 spiro atoms. The molecule has 2 rings (SSSR count). The first-order valence-corrected chi connectivity index (χ1v) is 7.71. The molecule has 0 aliphatic rings. The van der Waals surface area contributed by atoms with Gasteiger partial charge < -0.3 is 14.8 Å². The van der Waals surface area contributed by atoms with Gasteiger partial charge in [0.05, 0.1) is 17.3 Å². The van der Waals surface area contributed by atoms with Crippen molar-refractivity contribution in [1.29, 1.82) is 5.26 Å². The Balaban J connectivity index is 1.73. The van der Waals surface area contributed by atoms with Gasteiger partial charge in [0.2, 0.25) is 0 Å². The van der Waals surface area contributed by atoms with Crippen LogP contribution < -0.4 is 10.1 Å². The van der Waals surface area contributed by atoms with E-state index < -0.39 is 18.5 Å². The number of ether oxygens (including phenoxy) is 2. The summed E-state index contributed by atoms with van der Waals surface area (Å²) < 4.78 is 10.8. The van der Waals surface area contributed by atoms with Crippen LogP contribution in [0.25, 0.3) is 0 Å². The maximum Gasteiger partial charge on any atom is 0.344 e. The zero-order chi connectivity index (χ0) is 17.4. The van der Waals surface area contributed by atoms with Crippen LogP contribution in [0.5, 0.6) is 5.75 Å². The van der Waals surface area contributed by atoms with Gasteiger partial charge in [0.1, 0.15) is 5.75 Å². The summed E-state index contributed by atoms with van der Waals surface area (Å²) in [7, 11) is 0. The van der Waals surface area contributed by atoms with Gasteiger partial charge in [-0.05, 0) is 52.3 Å². The van der Waals surface area contributed by atoms with Crippen LogP contribution in [0.1, 0.15) is 5.56 Å². The fraction of sp³-hybridized carbons (Fsp3) is 0.118. The van der Waals surface area contributed by atoms with Crippen molar-refractivity contribution in [1.82, 2.24) is 0 Å². The number of halogens is 1. The molecule has 0 atom stereocenters. The molecule has 24 heavy (non-hydrogen) atoms. The zero-order valence-electron chi connectivity index (χ0n) is 12.5. The summed E-state index contributed by atoms with van der Waals surface area (Å²) in [5.74, 6) is -0.682. The van der Waals surface area contributed by atoms with Gasteiger partial charge in [0.25, 0.3) is 5.91 Å². The average molecular weight is 389 g/mol. The molecular formula is C17H13BrN2O4. The van der Waals surface area contributed by atoms with E-state index in [2.05, 4.69) is 21.2 Å². The van der Waals surface area contributed by atoms with Crippen LogP contribution in [-0.4, -0.2) is 25.1 Å². The second kappa shape index (κ2) is 8.70. The predicted octanol–water partition coefficient (Wildman–Crippen LogP) is 2.88. The summed E-state index contributed by atoms with van der Waals surface area (Å²) in [5.41, 5.74) is 1.08. The summed E-state index contributed by atoms with van der Waals surface area (Å²) in [6, 6.07) is 15.4. The highest BCUT2D eigenvalue weighted by Gasteiger charge is 2.10. The Morgan fingerprint density at radius 3 is 2.46 bits per heavy atom. The quantitative estimate of drug-likeness (QED) is 0.768. The van der Waals surface area contributed by atoms with E-state index in [1.807, 2.05) is 12.1 Å². The molecule has 0 saturated carbocycles. The number of hydrogen-bond acceptors (Lipinski definition) is 5.